The standard InChI is InChI=1S/C46H55N7O11/c1-47-45(60)51-15-12-30-33(24-49(2)42(57)34(30)26-51)28-21-37(61-3)35(38(22-28)62-4)25-50-16-13-46(14-17-50)27-52(18-20-64-46)40(55)7-5-6-19-63-29-8-9-31-32(23-29)44(59)53(43(31)58)36-10-11-39(54)48-41(36)56/h8-9,21-24,36H,5-7,10-20,25-27H2,1-4H3,(H,47,60)(H,48,54,56). The largest absolute Gasteiger partial charge is 0.496 e. The van der Waals surface area contributed by atoms with Gasteiger partial charge in [0.05, 0.1) is 56.3 Å². The highest BCUT2D eigenvalue weighted by Gasteiger charge is 2.45. The van der Waals surface area contributed by atoms with Crippen molar-refractivity contribution in [3.05, 3.63) is 74.7 Å². The number of carbonyl (C=O) groups is 6. The fourth-order valence-corrected chi connectivity index (χ4v) is 9.64. The average Bonchev–Trinajstić information content (AvgIpc) is 3.55. The third-order valence-electron chi connectivity index (χ3n) is 13.2. The number of hydrogen-bond donors (Lipinski definition) is 2. The lowest BCUT2D eigenvalue weighted by atomic mass is 9.88. The van der Waals surface area contributed by atoms with Crippen molar-refractivity contribution in [1.82, 2.24) is 34.8 Å². The summed E-state index contributed by atoms with van der Waals surface area (Å²) in [7, 11) is 6.59. The summed E-state index contributed by atoms with van der Waals surface area (Å²) >= 11 is 0. The van der Waals surface area contributed by atoms with Gasteiger partial charge in [-0.25, -0.2) is 4.79 Å². The fourth-order valence-electron chi connectivity index (χ4n) is 9.64. The molecule has 1 unspecified atom stereocenters. The molecule has 0 aliphatic carbocycles. The molecule has 18 nitrogen and oxygen atoms in total. The lowest BCUT2D eigenvalue weighted by molar-refractivity contribution is -0.159. The molecule has 3 saturated heterocycles. The maximum absolute atomic E-state index is 13.4. The normalized spacial score (nSPS) is 19.6. The minimum atomic E-state index is -1.04. The number of amides is 7. The molecule has 340 valence electrons. The molecular weight excluding hydrogens is 827 g/mol. The van der Waals surface area contributed by atoms with Gasteiger partial charge in [-0.05, 0) is 80.0 Å². The number of aromatic nitrogens is 1. The molecule has 2 N–H and O–H groups in total. The summed E-state index contributed by atoms with van der Waals surface area (Å²) < 4.78 is 25.8. The maximum atomic E-state index is 13.4. The van der Waals surface area contributed by atoms with Gasteiger partial charge in [-0.2, -0.15) is 0 Å². The quantitative estimate of drug-likeness (QED) is 0.200. The van der Waals surface area contributed by atoms with Gasteiger partial charge < -0.3 is 38.6 Å². The number of unbranched alkanes of at least 4 members (excludes halogenated alkanes) is 1. The lowest BCUT2D eigenvalue weighted by Crippen LogP contribution is -2.57. The van der Waals surface area contributed by atoms with E-state index in [9.17, 15) is 33.6 Å². The van der Waals surface area contributed by atoms with Crippen LogP contribution in [0.1, 0.15) is 82.4 Å². The molecule has 18 heteroatoms. The predicted molar refractivity (Wildman–Crippen MR) is 231 cm³/mol. The number of fused-ring (bicyclic) bond motifs is 2. The van der Waals surface area contributed by atoms with Gasteiger partial charge in [0.1, 0.15) is 23.3 Å². The molecule has 8 rings (SSSR count). The van der Waals surface area contributed by atoms with Gasteiger partial charge in [-0.1, -0.05) is 0 Å². The van der Waals surface area contributed by atoms with Crippen LogP contribution in [0.25, 0.3) is 11.1 Å². The number of nitrogens with one attached hydrogen (secondary N) is 2. The molecule has 0 bridgehead atoms. The number of likely N-dealkylation sites (tertiary alicyclic amines) is 1. The zero-order valence-corrected chi connectivity index (χ0v) is 36.8. The van der Waals surface area contributed by atoms with Gasteiger partial charge in [0, 0.05) is 83.5 Å². The number of rotatable bonds is 12. The van der Waals surface area contributed by atoms with E-state index in [4.69, 9.17) is 18.9 Å². The maximum Gasteiger partial charge on any atom is 0.317 e. The minimum absolute atomic E-state index is 0.0473. The van der Waals surface area contributed by atoms with Crippen LogP contribution in [0.5, 0.6) is 17.2 Å². The molecule has 5 aliphatic heterocycles. The zero-order chi connectivity index (χ0) is 45.3. The number of hydrogen-bond acceptors (Lipinski definition) is 12. The Bertz CT molecular complexity index is 2420. The van der Waals surface area contributed by atoms with Crippen LogP contribution < -0.4 is 30.4 Å². The molecule has 3 aromatic rings. The number of piperidine rings is 2. The number of ether oxygens (including phenoxy) is 4. The molecule has 1 spiro atoms. The smallest absolute Gasteiger partial charge is 0.317 e. The van der Waals surface area contributed by atoms with Crippen LogP contribution in [-0.4, -0.2) is 139 Å². The van der Waals surface area contributed by atoms with Crippen LogP contribution in [0, 0.1) is 0 Å². The third kappa shape index (κ3) is 8.67. The Labute approximate surface area is 370 Å². The van der Waals surface area contributed by atoms with Crippen molar-refractivity contribution in [3.8, 4) is 28.4 Å². The summed E-state index contributed by atoms with van der Waals surface area (Å²) in [5.41, 5.74) is 3.98. The van der Waals surface area contributed by atoms with E-state index in [0.29, 0.717) is 87.9 Å². The first-order chi connectivity index (χ1) is 30.8. The van der Waals surface area contributed by atoms with Gasteiger partial charge in [0.15, 0.2) is 0 Å². The van der Waals surface area contributed by atoms with Crippen molar-refractivity contribution >= 4 is 35.6 Å². The number of imide groups is 2. The van der Waals surface area contributed by atoms with E-state index in [-0.39, 0.29) is 48.0 Å². The van der Waals surface area contributed by atoms with E-state index in [1.807, 2.05) is 23.2 Å². The highest BCUT2D eigenvalue weighted by molar-refractivity contribution is 6.23. The number of carbonyl (C=O) groups excluding carboxylic acids is 6. The molecule has 0 radical (unpaired) electrons. The highest BCUT2D eigenvalue weighted by Crippen LogP contribution is 2.40. The summed E-state index contributed by atoms with van der Waals surface area (Å²) in [4.78, 5) is 96.0. The number of aryl methyl sites for hydroxylation is 1. The second-order valence-corrected chi connectivity index (χ2v) is 17.1. The van der Waals surface area contributed by atoms with Gasteiger partial charge in [-0.15, -0.1) is 0 Å². The van der Waals surface area contributed by atoms with Gasteiger partial charge in [0.25, 0.3) is 17.4 Å². The van der Waals surface area contributed by atoms with Crippen LogP contribution in [-0.2, 0) is 45.7 Å². The first-order valence-electron chi connectivity index (χ1n) is 21.9. The molecule has 6 heterocycles. The topological polar surface area (TPSA) is 198 Å². The van der Waals surface area contributed by atoms with Crippen molar-refractivity contribution < 1.29 is 47.7 Å². The Balaban J connectivity index is 0.828. The number of urea groups is 1. The second-order valence-electron chi connectivity index (χ2n) is 17.1. The number of nitrogens with zero attached hydrogens (tertiary/aromatic N) is 5. The summed E-state index contributed by atoms with van der Waals surface area (Å²) in [6.45, 7) is 4.65. The number of methoxy groups -OCH3 is 2. The Kier molecular flexibility index (Phi) is 12.8. The van der Waals surface area contributed by atoms with E-state index >= 15 is 0 Å². The van der Waals surface area contributed by atoms with E-state index < -0.39 is 35.3 Å². The van der Waals surface area contributed by atoms with Crippen molar-refractivity contribution in [1.29, 1.82) is 0 Å². The second kappa shape index (κ2) is 18.4. The lowest BCUT2D eigenvalue weighted by Gasteiger charge is -2.47. The van der Waals surface area contributed by atoms with Crippen LogP contribution in [0.3, 0.4) is 0 Å². The van der Waals surface area contributed by atoms with Crippen LogP contribution in [0.15, 0.2) is 41.3 Å². The average molecular weight is 882 g/mol. The molecule has 0 saturated carbocycles. The van der Waals surface area contributed by atoms with Crippen LogP contribution in [0.4, 0.5) is 4.79 Å². The molecule has 1 atom stereocenters. The Morgan fingerprint density at radius 2 is 1.61 bits per heavy atom. The molecule has 64 heavy (non-hydrogen) atoms. The number of morpholine rings is 1. The number of benzene rings is 2. The first-order valence-corrected chi connectivity index (χ1v) is 21.9. The molecular formula is C46H55N7O11. The van der Waals surface area contributed by atoms with E-state index in [1.165, 1.54) is 12.1 Å². The summed E-state index contributed by atoms with van der Waals surface area (Å²) in [5.74, 6) is -0.435. The van der Waals surface area contributed by atoms with E-state index in [1.54, 1.807) is 43.8 Å². The van der Waals surface area contributed by atoms with E-state index in [0.717, 1.165) is 53.1 Å². The Morgan fingerprint density at radius 3 is 2.31 bits per heavy atom. The van der Waals surface area contributed by atoms with Crippen molar-refractivity contribution in [2.75, 3.05) is 67.2 Å². The number of pyridine rings is 1. The predicted octanol–water partition coefficient (Wildman–Crippen LogP) is 2.61. The highest BCUT2D eigenvalue weighted by atomic mass is 16.5. The molecule has 3 fully saturated rings. The molecule has 1 aromatic heterocycles. The summed E-state index contributed by atoms with van der Waals surface area (Å²) in [6.07, 6.45) is 5.59. The van der Waals surface area contributed by atoms with Crippen LogP contribution in [0.2, 0.25) is 0 Å². The van der Waals surface area contributed by atoms with Gasteiger partial charge in [-0.3, -0.25) is 43.9 Å². The van der Waals surface area contributed by atoms with Gasteiger partial charge in [0.2, 0.25) is 17.7 Å². The van der Waals surface area contributed by atoms with E-state index in [2.05, 4.69) is 15.5 Å². The monoisotopic (exact) mass is 881 g/mol. The van der Waals surface area contributed by atoms with Crippen molar-refractivity contribution in [3.63, 3.8) is 0 Å². The zero-order valence-electron chi connectivity index (χ0n) is 36.8. The fraction of sp³-hybridized carbons (Fsp3) is 0.500. The Hall–Kier alpha value is -6.27. The van der Waals surface area contributed by atoms with Crippen molar-refractivity contribution in [2.45, 2.75) is 76.1 Å². The Morgan fingerprint density at radius 1 is 0.875 bits per heavy atom. The molecule has 2 aromatic carbocycles. The first kappa shape index (κ1) is 44.3. The van der Waals surface area contributed by atoms with Gasteiger partial charge >= 0.3 is 6.03 Å². The summed E-state index contributed by atoms with van der Waals surface area (Å²) in [6, 6.07) is 7.36. The minimum Gasteiger partial charge on any atom is -0.496 e. The summed E-state index contributed by atoms with van der Waals surface area (Å²) in [5, 5.41) is 4.85. The molecule has 5 aliphatic rings. The molecule has 7 amide bonds. The van der Waals surface area contributed by atoms with Crippen LogP contribution >= 0.6 is 0 Å². The third-order valence-corrected chi connectivity index (χ3v) is 13.2. The van der Waals surface area contributed by atoms with Crippen molar-refractivity contribution in [2.24, 2.45) is 7.05 Å². The SMILES string of the molecule is CNC(=O)N1CCc2c(-c3cc(OC)c(CN4CCC5(CC4)CN(C(=O)CCCCOc4ccc6c(c4)C(=O)N(C4CCC(=O)NC4=O)C6=O)CCO5)c(OC)c3)cn(C)c(=O)c2C1.